The van der Waals surface area contributed by atoms with Gasteiger partial charge in [-0.15, -0.1) is 0 Å². The van der Waals surface area contributed by atoms with Crippen LogP contribution in [0.1, 0.15) is 6.92 Å². The van der Waals surface area contributed by atoms with Gasteiger partial charge < -0.3 is 15.6 Å². The topological polar surface area (TPSA) is 90.4 Å². The lowest BCUT2D eigenvalue weighted by molar-refractivity contribution is 0.00896. The molecule has 0 aromatic carbocycles. The maximum Gasteiger partial charge on any atom is 0.349 e. The van der Waals surface area contributed by atoms with Crippen molar-refractivity contribution in [3.8, 4) is 0 Å². The molecule has 15 heavy (non-hydrogen) atoms. The summed E-state index contributed by atoms with van der Waals surface area (Å²) in [6.07, 6.45) is 1.14. The molecule has 0 aliphatic heterocycles. The van der Waals surface area contributed by atoms with Crippen LogP contribution in [0.15, 0.2) is 17.1 Å². The van der Waals surface area contributed by atoms with E-state index in [1.54, 1.807) is 0 Å². The van der Waals surface area contributed by atoms with Crippen LogP contribution < -0.4 is 11.4 Å². The van der Waals surface area contributed by atoms with Crippen LogP contribution in [-0.4, -0.2) is 34.0 Å². The summed E-state index contributed by atoms with van der Waals surface area (Å²) in [5.41, 5.74) is 4.91. The van der Waals surface area contributed by atoms with E-state index in [4.69, 9.17) is 15.6 Å². The minimum Gasteiger partial charge on any atom is -0.394 e. The van der Waals surface area contributed by atoms with Crippen LogP contribution in [0.25, 0.3) is 0 Å². The highest BCUT2D eigenvalue weighted by molar-refractivity contribution is 5.23. The number of ether oxygens (including phenoxy) is 1. The number of hydrogen-bond acceptors (Lipinski definition) is 5. The number of aliphatic hydroxyl groups excluding tert-OH is 1. The van der Waals surface area contributed by atoms with Crippen molar-refractivity contribution in [2.24, 2.45) is 0 Å². The van der Waals surface area contributed by atoms with Gasteiger partial charge in [0.1, 0.15) is 5.82 Å². The Kier molecular flexibility index (Phi) is 4.26. The Bertz CT molecular complexity index is 364. The number of rotatable bonds is 5. The van der Waals surface area contributed by atoms with Gasteiger partial charge in [-0.1, -0.05) is 0 Å². The van der Waals surface area contributed by atoms with E-state index in [0.29, 0.717) is 6.61 Å². The van der Waals surface area contributed by atoms with Crippen LogP contribution in [0.3, 0.4) is 0 Å². The second kappa shape index (κ2) is 5.47. The van der Waals surface area contributed by atoms with Crippen molar-refractivity contribution in [3.63, 3.8) is 0 Å². The Labute approximate surface area is 87.3 Å². The minimum atomic E-state index is -0.437. The average Bonchev–Trinajstić information content (AvgIpc) is 2.21. The summed E-state index contributed by atoms with van der Waals surface area (Å²) in [6, 6.07) is 1.53. The molecule has 1 heterocycles. The summed E-state index contributed by atoms with van der Waals surface area (Å²) < 4.78 is 6.57. The van der Waals surface area contributed by atoms with E-state index in [0.717, 1.165) is 0 Å². The van der Waals surface area contributed by atoms with E-state index in [-0.39, 0.29) is 19.0 Å². The molecule has 1 rings (SSSR count). The van der Waals surface area contributed by atoms with Gasteiger partial charge in [-0.3, -0.25) is 4.57 Å². The van der Waals surface area contributed by atoms with Crippen molar-refractivity contribution in [3.05, 3.63) is 22.7 Å². The van der Waals surface area contributed by atoms with Crippen molar-refractivity contribution in [2.45, 2.75) is 19.6 Å². The number of hydrogen-bond donors (Lipinski definition) is 2. The van der Waals surface area contributed by atoms with Gasteiger partial charge in [0.15, 0.2) is 0 Å². The fourth-order valence-electron chi connectivity index (χ4n) is 1.20. The van der Waals surface area contributed by atoms with E-state index in [1.807, 2.05) is 6.92 Å². The van der Waals surface area contributed by atoms with Crippen LogP contribution in [0.5, 0.6) is 0 Å². The van der Waals surface area contributed by atoms with Gasteiger partial charge in [0.2, 0.25) is 0 Å². The molecule has 0 radical (unpaired) electrons. The molecule has 1 atom stereocenters. The number of nitrogens with two attached hydrogens (primary N) is 1. The quantitative estimate of drug-likeness (QED) is 0.669. The predicted molar refractivity (Wildman–Crippen MR) is 55.4 cm³/mol. The molecular formula is C9H15N3O3. The average molecular weight is 213 g/mol. The molecule has 0 saturated heterocycles. The Morgan fingerprint density at radius 3 is 3.00 bits per heavy atom. The summed E-state index contributed by atoms with van der Waals surface area (Å²) in [6.45, 7) is 2.45. The van der Waals surface area contributed by atoms with E-state index < -0.39 is 11.8 Å². The molecule has 6 heteroatoms. The van der Waals surface area contributed by atoms with E-state index in [2.05, 4.69) is 4.98 Å². The highest BCUT2D eigenvalue weighted by Crippen LogP contribution is 1.96. The summed E-state index contributed by atoms with van der Waals surface area (Å²) >= 11 is 0. The Morgan fingerprint density at radius 2 is 2.47 bits per heavy atom. The standard InChI is InChI=1S/C9H15N3O3/c1-2-15-7(6-13)5-12-4-3-8(10)11-9(12)14/h3-4,7,13H,2,5-6H2,1H3,(H2,10,11,14)/t7-/m0/s1. The van der Waals surface area contributed by atoms with Crippen molar-refractivity contribution in [2.75, 3.05) is 18.9 Å². The van der Waals surface area contributed by atoms with Gasteiger partial charge in [0.05, 0.1) is 19.3 Å². The van der Waals surface area contributed by atoms with E-state index >= 15 is 0 Å². The van der Waals surface area contributed by atoms with Crippen LogP contribution >= 0.6 is 0 Å². The summed E-state index contributed by atoms with van der Waals surface area (Å²) in [5.74, 6) is 0.188. The van der Waals surface area contributed by atoms with Gasteiger partial charge in [0.25, 0.3) is 0 Å². The molecule has 0 unspecified atom stereocenters. The van der Waals surface area contributed by atoms with Crippen molar-refractivity contribution >= 4 is 5.82 Å². The number of aromatic nitrogens is 2. The number of anilines is 1. The fraction of sp³-hybridized carbons (Fsp3) is 0.556. The Morgan fingerprint density at radius 1 is 1.73 bits per heavy atom. The molecule has 0 aliphatic rings. The third-order valence-electron chi connectivity index (χ3n) is 1.90. The third-order valence-corrected chi connectivity index (χ3v) is 1.90. The van der Waals surface area contributed by atoms with Gasteiger partial charge in [0, 0.05) is 12.8 Å². The van der Waals surface area contributed by atoms with Crippen molar-refractivity contribution < 1.29 is 9.84 Å². The zero-order chi connectivity index (χ0) is 11.3. The van der Waals surface area contributed by atoms with Gasteiger partial charge in [-0.05, 0) is 13.0 Å². The predicted octanol–water partition coefficient (Wildman–Crippen LogP) is -0.777. The van der Waals surface area contributed by atoms with Gasteiger partial charge in [-0.25, -0.2) is 4.79 Å². The lowest BCUT2D eigenvalue weighted by Crippen LogP contribution is -2.31. The Balaban J connectivity index is 2.75. The maximum atomic E-state index is 11.3. The highest BCUT2D eigenvalue weighted by atomic mass is 16.5. The monoisotopic (exact) mass is 213 g/mol. The lowest BCUT2D eigenvalue weighted by Gasteiger charge is -2.15. The largest absolute Gasteiger partial charge is 0.394 e. The molecule has 1 aromatic rings. The zero-order valence-corrected chi connectivity index (χ0v) is 8.59. The normalized spacial score (nSPS) is 12.7. The van der Waals surface area contributed by atoms with Crippen LogP contribution in [0.2, 0.25) is 0 Å². The first kappa shape index (κ1) is 11.7. The van der Waals surface area contributed by atoms with Gasteiger partial charge in [-0.2, -0.15) is 4.98 Å². The van der Waals surface area contributed by atoms with Crippen LogP contribution in [0.4, 0.5) is 5.82 Å². The zero-order valence-electron chi connectivity index (χ0n) is 8.59. The fourth-order valence-corrected chi connectivity index (χ4v) is 1.20. The molecule has 0 fully saturated rings. The molecule has 3 N–H and O–H groups in total. The second-order valence-electron chi connectivity index (χ2n) is 3.05. The summed E-state index contributed by atoms with van der Waals surface area (Å²) in [5, 5.41) is 8.98. The van der Waals surface area contributed by atoms with Crippen LogP contribution in [0, 0.1) is 0 Å². The van der Waals surface area contributed by atoms with Gasteiger partial charge >= 0.3 is 5.69 Å². The first-order chi connectivity index (χ1) is 7.17. The SMILES string of the molecule is CCO[C@H](CO)Cn1ccc(N)nc1=O. The first-order valence-corrected chi connectivity index (χ1v) is 4.72. The highest BCUT2D eigenvalue weighted by Gasteiger charge is 2.09. The molecule has 0 amide bonds. The number of nitrogen functional groups attached to an aromatic ring is 1. The molecule has 84 valence electrons. The lowest BCUT2D eigenvalue weighted by atomic mass is 10.3. The van der Waals surface area contributed by atoms with E-state index in [9.17, 15) is 4.79 Å². The van der Waals surface area contributed by atoms with Crippen molar-refractivity contribution in [1.29, 1.82) is 0 Å². The Hall–Kier alpha value is -1.40. The van der Waals surface area contributed by atoms with Crippen LogP contribution in [-0.2, 0) is 11.3 Å². The maximum absolute atomic E-state index is 11.3. The molecule has 0 bridgehead atoms. The summed E-state index contributed by atoms with van der Waals surface area (Å²) in [7, 11) is 0. The molecule has 0 saturated carbocycles. The molecular weight excluding hydrogens is 198 g/mol. The first-order valence-electron chi connectivity index (χ1n) is 4.72. The van der Waals surface area contributed by atoms with E-state index in [1.165, 1.54) is 16.8 Å². The summed E-state index contributed by atoms with van der Waals surface area (Å²) in [4.78, 5) is 14.9. The number of aliphatic hydroxyl groups is 1. The molecule has 0 aliphatic carbocycles. The molecule has 0 spiro atoms. The van der Waals surface area contributed by atoms with Crippen molar-refractivity contribution in [1.82, 2.24) is 9.55 Å². The number of nitrogens with zero attached hydrogens (tertiary/aromatic N) is 2. The smallest absolute Gasteiger partial charge is 0.349 e. The minimum absolute atomic E-state index is 0.134. The molecule has 1 aromatic heterocycles. The second-order valence-corrected chi connectivity index (χ2v) is 3.05. The molecule has 6 nitrogen and oxygen atoms in total. The third kappa shape index (κ3) is 3.34.